The molecule has 0 aliphatic carbocycles. The Balaban J connectivity index is 1.22. The minimum atomic E-state index is -0.422. The number of benzene rings is 3. The molecule has 0 bridgehead atoms. The van der Waals surface area contributed by atoms with Gasteiger partial charge in [0.1, 0.15) is 19.0 Å². The van der Waals surface area contributed by atoms with Crippen LogP contribution >= 0.6 is 0 Å². The molecule has 0 radical (unpaired) electrons. The number of pyridine rings is 2. The smallest absolute Gasteiger partial charge is 0.338 e. The van der Waals surface area contributed by atoms with Crippen LogP contribution in [0.3, 0.4) is 0 Å². The summed E-state index contributed by atoms with van der Waals surface area (Å²) in [5, 5.41) is 2.13. The molecule has 2 heterocycles. The van der Waals surface area contributed by atoms with Crippen LogP contribution in [-0.4, -0.2) is 15.9 Å². The highest BCUT2D eigenvalue weighted by Gasteiger charge is 2.10. The highest BCUT2D eigenvalue weighted by atomic mass is 16.5. The Labute approximate surface area is 185 Å². The fourth-order valence-corrected chi connectivity index (χ4v) is 3.47. The number of rotatable bonds is 6. The van der Waals surface area contributed by atoms with Gasteiger partial charge in [-0.15, -0.1) is 0 Å². The molecule has 0 N–H and O–H groups in total. The number of aromatic nitrogens is 2. The Morgan fingerprint density at radius 3 is 1.97 bits per heavy atom. The van der Waals surface area contributed by atoms with Gasteiger partial charge in [0.2, 0.25) is 0 Å². The van der Waals surface area contributed by atoms with Crippen molar-refractivity contribution in [1.29, 1.82) is 0 Å². The molecule has 0 aliphatic heterocycles. The Morgan fingerprint density at radius 1 is 0.656 bits per heavy atom. The van der Waals surface area contributed by atoms with Crippen molar-refractivity contribution in [3.8, 4) is 5.75 Å². The predicted molar refractivity (Wildman–Crippen MR) is 123 cm³/mol. The van der Waals surface area contributed by atoms with E-state index in [1.165, 1.54) is 0 Å². The van der Waals surface area contributed by atoms with E-state index in [1.54, 1.807) is 18.2 Å². The molecule has 0 spiro atoms. The zero-order valence-electron chi connectivity index (χ0n) is 17.3. The van der Waals surface area contributed by atoms with Gasteiger partial charge in [0.05, 0.1) is 28.0 Å². The molecule has 0 aliphatic rings. The van der Waals surface area contributed by atoms with E-state index in [0.717, 1.165) is 27.5 Å². The quantitative estimate of drug-likeness (QED) is 0.329. The molecule has 5 heteroatoms. The second-order valence-electron chi connectivity index (χ2n) is 7.38. The minimum absolute atomic E-state index is 0.107. The molecule has 0 fully saturated rings. The lowest BCUT2D eigenvalue weighted by Crippen LogP contribution is -2.07. The number of carbonyl (C=O) groups excluding carboxylic acids is 1. The van der Waals surface area contributed by atoms with Crippen LogP contribution < -0.4 is 4.74 Å². The van der Waals surface area contributed by atoms with Gasteiger partial charge in [0, 0.05) is 10.8 Å². The summed E-state index contributed by atoms with van der Waals surface area (Å²) in [6.07, 6.45) is 0. The highest BCUT2D eigenvalue weighted by molar-refractivity contribution is 5.89. The second-order valence-corrected chi connectivity index (χ2v) is 7.38. The summed E-state index contributed by atoms with van der Waals surface area (Å²) in [5.41, 5.74) is 3.74. The molecular formula is C27H20N2O3. The van der Waals surface area contributed by atoms with Gasteiger partial charge in [-0.2, -0.15) is 0 Å². The van der Waals surface area contributed by atoms with Gasteiger partial charge < -0.3 is 9.47 Å². The van der Waals surface area contributed by atoms with Crippen molar-refractivity contribution >= 4 is 27.8 Å². The number of hydrogen-bond acceptors (Lipinski definition) is 5. The van der Waals surface area contributed by atoms with Gasteiger partial charge in [-0.3, -0.25) is 0 Å². The first-order valence-corrected chi connectivity index (χ1v) is 10.3. The Hall–Kier alpha value is -4.25. The van der Waals surface area contributed by atoms with Crippen molar-refractivity contribution < 1.29 is 14.3 Å². The number of nitrogens with zero attached hydrogens (tertiary/aromatic N) is 2. The van der Waals surface area contributed by atoms with E-state index in [9.17, 15) is 4.79 Å². The molecule has 3 aromatic carbocycles. The van der Waals surface area contributed by atoms with E-state index < -0.39 is 5.97 Å². The van der Waals surface area contributed by atoms with Crippen molar-refractivity contribution in [2.45, 2.75) is 13.2 Å². The number of esters is 1. The van der Waals surface area contributed by atoms with E-state index in [4.69, 9.17) is 9.47 Å². The van der Waals surface area contributed by atoms with Gasteiger partial charge in [0.15, 0.2) is 0 Å². The summed E-state index contributed by atoms with van der Waals surface area (Å²) in [7, 11) is 0. The number of para-hydroxylation sites is 2. The maximum Gasteiger partial charge on any atom is 0.338 e. The van der Waals surface area contributed by atoms with Crippen LogP contribution in [-0.2, 0) is 18.0 Å². The molecule has 5 nitrogen and oxygen atoms in total. The summed E-state index contributed by atoms with van der Waals surface area (Å²) in [6.45, 7) is 0.417. The van der Waals surface area contributed by atoms with Gasteiger partial charge >= 0.3 is 5.97 Å². The summed E-state index contributed by atoms with van der Waals surface area (Å²) >= 11 is 0. The fourth-order valence-electron chi connectivity index (χ4n) is 3.47. The number of fused-ring (bicyclic) bond motifs is 2. The summed E-state index contributed by atoms with van der Waals surface area (Å²) in [6, 6.07) is 30.5. The Morgan fingerprint density at radius 2 is 1.28 bits per heavy atom. The third-order valence-electron chi connectivity index (χ3n) is 5.12. The molecule has 0 atom stereocenters. The standard InChI is InChI=1S/C27H20N2O3/c30-27(32-18-23-15-13-20-7-2-4-11-26(20)29-23)21-8-5-9-24(16-21)31-17-22-14-12-19-6-1-3-10-25(19)28-22/h1-16H,17-18H2. The van der Waals surface area contributed by atoms with E-state index in [0.29, 0.717) is 23.6 Å². The van der Waals surface area contributed by atoms with Crippen LogP contribution in [0.5, 0.6) is 5.75 Å². The second kappa shape index (κ2) is 8.86. The van der Waals surface area contributed by atoms with Gasteiger partial charge in [0.25, 0.3) is 0 Å². The van der Waals surface area contributed by atoms with Crippen LogP contribution in [0.25, 0.3) is 21.8 Å². The van der Waals surface area contributed by atoms with E-state index in [-0.39, 0.29) is 6.61 Å². The lowest BCUT2D eigenvalue weighted by molar-refractivity contribution is 0.0467. The van der Waals surface area contributed by atoms with E-state index in [1.807, 2.05) is 78.9 Å². The number of hydrogen-bond donors (Lipinski definition) is 0. The van der Waals surface area contributed by atoms with Crippen molar-refractivity contribution in [3.05, 3.63) is 114 Å². The summed E-state index contributed by atoms with van der Waals surface area (Å²) in [4.78, 5) is 21.7. The minimum Gasteiger partial charge on any atom is -0.487 e. The van der Waals surface area contributed by atoms with Crippen LogP contribution in [0.1, 0.15) is 21.7 Å². The first kappa shape index (κ1) is 19.7. The summed E-state index contributed by atoms with van der Waals surface area (Å²) in [5.74, 6) is 0.160. The van der Waals surface area contributed by atoms with Crippen LogP contribution in [0.4, 0.5) is 0 Å². The third kappa shape index (κ3) is 4.42. The predicted octanol–water partition coefficient (Wildman–Crippen LogP) is 5.72. The molecule has 2 aromatic heterocycles. The maximum atomic E-state index is 12.5. The molecule has 0 unspecified atom stereocenters. The van der Waals surface area contributed by atoms with Crippen molar-refractivity contribution in [3.63, 3.8) is 0 Å². The van der Waals surface area contributed by atoms with Gasteiger partial charge in [-0.05, 0) is 42.5 Å². The summed E-state index contributed by atoms with van der Waals surface area (Å²) < 4.78 is 11.3. The van der Waals surface area contributed by atoms with Crippen molar-refractivity contribution in [2.75, 3.05) is 0 Å². The molecule has 0 saturated heterocycles. The monoisotopic (exact) mass is 420 g/mol. The molecular weight excluding hydrogens is 400 g/mol. The first-order valence-electron chi connectivity index (χ1n) is 10.3. The lowest BCUT2D eigenvalue weighted by Gasteiger charge is -2.09. The molecule has 32 heavy (non-hydrogen) atoms. The maximum absolute atomic E-state index is 12.5. The zero-order chi connectivity index (χ0) is 21.8. The van der Waals surface area contributed by atoms with Crippen molar-refractivity contribution in [1.82, 2.24) is 9.97 Å². The molecule has 156 valence electrons. The SMILES string of the molecule is O=C(OCc1ccc2ccccc2n1)c1cccc(OCc2ccc3ccccc3n2)c1. The Bertz CT molecular complexity index is 1410. The van der Waals surface area contributed by atoms with Crippen LogP contribution in [0.15, 0.2) is 97.1 Å². The molecule has 0 amide bonds. The average Bonchev–Trinajstić information content (AvgIpc) is 2.86. The first-order chi connectivity index (χ1) is 15.7. The Kier molecular flexibility index (Phi) is 5.45. The molecule has 0 saturated carbocycles. The van der Waals surface area contributed by atoms with Crippen molar-refractivity contribution in [2.24, 2.45) is 0 Å². The van der Waals surface area contributed by atoms with Gasteiger partial charge in [-0.25, -0.2) is 14.8 Å². The number of ether oxygens (including phenoxy) is 2. The molecule has 5 rings (SSSR count). The molecule has 5 aromatic rings. The lowest BCUT2D eigenvalue weighted by atomic mass is 10.2. The fraction of sp³-hybridized carbons (Fsp3) is 0.0741. The average molecular weight is 420 g/mol. The van der Waals surface area contributed by atoms with Crippen LogP contribution in [0, 0.1) is 0 Å². The van der Waals surface area contributed by atoms with Gasteiger partial charge in [-0.1, -0.05) is 54.6 Å². The largest absolute Gasteiger partial charge is 0.487 e. The number of carbonyl (C=O) groups is 1. The zero-order valence-corrected chi connectivity index (χ0v) is 17.3. The van der Waals surface area contributed by atoms with E-state index in [2.05, 4.69) is 9.97 Å². The topological polar surface area (TPSA) is 61.3 Å². The van der Waals surface area contributed by atoms with Crippen LogP contribution in [0.2, 0.25) is 0 Å². The normalized spacial score (nSPS) is 10.9. The van der Waals surface area contributed by atoms with E-state index >= 15 is 0 Å². The third-order valence-corrected chi connectivity index (χ3v) is 5.12. The highest BCUT2D eigenvalue weighted by Crippen LogP contribution is 2.18.